The highest BCUT2D eigenvalue weighted by Gasteiger charge is 2.12. The average molecular weight is 279 g/mol. The summed E-state index contributed by atoms with van der Waals surface area (Å²) in [6.45, 7) is 2.04. The Morgan fingerprint density at radius 3 is 2.74 bits per heavy atom. The zero-order chi connectivity index (χ0) is 13.5. The Hall–Kier alpha value is -1.54. The molecule has 0 aliphatic heterocycles. The van der Waals surface area contributed by atoms with Crippen molar-refractivity contribution in [2.45, 2.75) is 13.1 Å². The van der Waals surface area contributed by atoms with Gasteiger partial charge in [0.15, 0.2) is 0 Å². The Kier molecular flexibility index (Phi) is 5.22. The van der Waals surface area contributed by atoms with Crippen LogP contribution in [0.2, 0.25) is 0 Å². The van der Waals surface area contributed by atoms with Crippen molar-refractivity contribution >= 4 is 16.5 Å². The van der Waals surface area contributed by atoms with Crippen molar-refractivity contribution in [2.24, 2.45) is 5.84 Å². The fourth-order valence-electron chi connectivity index (χ4n) is 1.83. The summed E-state index contributed by atoms with van der Waals surface area (Å²) < 4.78 is 3.87. The van der Waals surface area contributed by atoms with Crippen LogP contribution in [0.5, 0.6) is 0 Å². The smallest absolute Gasteiger partial charge is 0.148 e. The molecule has 0 aliphatic rings. The Balaban J connectivity index is 2.04. The molecule has 19 heavy (non-hydrogen) atoms. The van der Waals surface area contributed by atoms with Gasteiger partial charge in [0, 0.05) is 31.2 Å². The number of nitrogens with two attached hydrogens (primary N) is 1. The highest BCUT2D eigenvalue weighted by atomic mass is 32.1. The van der Waals surface area contributed by atoms with Gasteiger partial charge in [0.1, 0.15) is 10.7 Å². The van der Waals surface area contributed by atoms with Crippen LogP contribution in [0.1, 0.15) is 11.3 Å². The van der Waals surface area contributed by atoms with E-state index in [2.05, 4.69) is 32.0 Å². The number of nitrogens with one attached hydrogen (secondary N) is 1. The molecule has 0 saturated carbocycles. The molecule has 102 valence electrons. The van der Waals surface area contributed by atoms with Gasteiger partial charge in [-0.15, -0.1) is 5.10 Å². The van der Waals surface area contributed by atoms with Gasteiger partial charge in [-0.25, -0.2) is 5.84 Å². The minimum Gasteiger partial charge on any atom is -0.395 e. The lowest BCUT2D eigenvalue weighted by atomic mass is 10.2. The number of nitrogen functional groups attached to an aromatic ring is 1. The van der Waals surface area contributed by atoms with E-state index in [9.17, 15) is 0 Å². The fourth-order valence-corrected chi connectivity index (χ4v) is 2.32. The highest BCUT2D eigenvalue weighted by molar-refractivity contribution is 7.10. The van der Waals surface area contributed by atoms with E-state index in [1.165, 1.54) is 17.1 Å². The van der Waals surface area contributed by atoms with Crippen LogP contribution in [0.15, 0.2) is 30.3 Å². The van der Waals surface area contributed by atoms with Crippen molar-refractivity contribution in [1.82, 2.24) is 14.5 Å². The molecule has 0 bridgehead atoms. The first-order valence-electron chi connectivity index (χ1n) is 5.98. The van der Waals surface area contributed by atoms with Crippen LogP contribution in [0.4, 0.5) is 5.00 Å². The average Bonchev–Trinajstić information content (AvgIpc) is 2.87. The molecule has 1 aromatic carbocycles. The van der Waals surface area contributed by atoms with Crippen LogP contribution in [0, 0.1) is 0 Å². The molecule has 7 heteroatoms. The van der Waals surface area contributed by atoms with E-state index in [4.69, 9.17) is 10.9 Å². The number of hydrogen-bond acceptors (Lipinski definition) is 7. The molecule has 4 N–H and O–H groups in total. The third-order valence-corrected chi connectivity index (χ3v) is 3.42. The van der Waals surface area contributed by atoms with Gasteiger partial charge < -0.3 is 10.5 Å². The lowest BCUT2D eigenvalue weighted by molar-refractivity contribution is 0.183. The second-order valence-electron chi connectivity index (χ2n) is 4.11. The number of nitrogens with zero attached hydrogens (tertiary/aromatic N) is 3. The van der Waals surface area contributed by atoms with Gasteiger partial charge in [-0.2, -0.15) is 0 Å². The molecule has 0 unspecified atom stereocenters. The predicted molar refractivity (Wildman–Crippen MR) is 75.4 cm³/mol. The maximum atomic E-state index is 9.15. The molecule has 6 nitrogen and oxygen atoms in total. The summed E-state index contributed by atoms with van der Waals surface area (Å²) in [5.74, 6) is 5.41. The minimum atomic E-state index is 0.107. The van der Waals surface area contributed by atoms with Crippen LogP contribution in [-0.2, 0) is 13.1 Å². The summed E-state index contributed by atoms with van der Waals surface area (Å²) in [5.41, 5.74) is 4.59. The number of hydrogen-bond donors (Lipinski definition) is 3. The van der Waals surface area contributed by atoms with Crippen molar-refractivity contribution in [2.75, 3.05) is 18.6 Å². The van der Waals surface area contributed by atoms with Crippen molar-refractivity contribution < 1.29 is 5.11 Å². The lowest BCUT2D eigenvalue weighted by Crippen LogP contribution is -2.26. The summed E-state index contributed by atoms with van der Waals surface area (Å²) in [7, 11) is 0. The Morgan fingerprint density at radius 2 is 2.05 bits per heavy atom. The molecule has 0 amide bonds. The molecule has 0 atom stereocenters. The molecule has 0 radical (unpaired) electrons. The van der Waals surface area contributed by atoms with E-state index in [1.807, 2.05) is 18.2 Å². The van der Waals surface area contributed by atoms with Gasteiger partial charge in [0.25, 0.3) is 0 Å². The third-order valence-electron chi connectivity index (χ3n) is 2.73. The van der Waals surface area contributed by atoms with E-state index >= 15 is 0 Å². The van der Waals surface area contributed by atoms with Gasteiger partial charge in [-0.1, -0.05) is 34.8 Å². The van der Waals surface area contributed by atoms with Gasteiger partial charge in [0.2, 0.25) is 0 Å². The van der Waals surface area contributed by atoms with Crippen molar-refractivity contribution in [3.63, 3.8) is 0 Å². The summed E-state index contributed by atoms with van der Waals surface area (Å²) in [6.07, 6.45) is 0. The molecule has 2 aromatic rings. The number of anilines is 1. The molecular formula is C12H17N5OS. The Morgan fingerprint density at radius 1 is 1.26 bits per heavy atom. The first kappa shape index (κ1) is 13.9. The number of hydrazine groups is 1. The first-order chi connectivity index (χ1) is 9.33. The third kappa shape index (κ3) is 3.97. The molecule has 0 spiro atoms. The lowest BCUT2D eigenvalue weighted by Gasteiger charge is -2.20. The van der Waals surface area contributed by atoms with E-state index in [-0.39, 0.29) is 6.61 Å². The molecular weight excluding hydrogens is 262 g/mol. The SMILES string of the molecule is NNc1snnc1CN(CCO)Cc1ccccc1. The number of aromatic nitrogens is 2. The van der Waals surface area contributed by atoms with Crippen molar-refractivity contribution in [3.8, 4) is 0 Å². The van der Waals surface area contributed by atoms with Crippen LogP contribution >= 0.6 is 11.5 Å². The van der Waals surface area contributed by atoms with Gasteiger partial charge >= 0.3 is 0 Å². The minimum absolute atomic E-state index is 0.107. The van der Waals surface area contributed by atoms with E-state index in [0.29, 0.717) is 13.1 Å². The number of rotatable bonds is 7. The monoisotopic (exact) mass is 279 g/mol. The van der Waals surface area contributed by atoms with E-state index in [1.54, 1.807) is 0 Å². The first-order valence-corrected chi connectivity index (χ1v) is 6.76. The highest BCUT2D eigenvalue weighted by Crippen LogP contribution is 2.18. The zero-order valence-electron chi connectivity index (χ0n) is 10.5. The largest absolute Gasteiger partial charge is 0.395 e. The van der Waals surface area contributed by atoms with E-state index < -0.39 is 0 Å². The molecule has 0 saturated heterocycles. The van der Waals surface area contributed by atoms with Crippen molar-refractivity contribution in [3.05, 3.63) is 41.6 Å². The second kappa shape index (κ2) is 7.15. The summed E-state index contributed by atoms with van der Waals surface area (Å²) in [4.78, 5) is 2.10. The van der Waals surface area contributed by atoms with Gasteiger partial charge in [0.05, 0.1) is 6.61 Å². The summed E-state index contributed by atoms with van der Waals surface area (Å²) in [6, 6.07) is 10.1. The number of aliphatic hydroxyl groups is 1. The maximum absolute atomic E-state index is 9.15. The zero-order valence-corrected chi connectivity index (χ0v) is 11.3. The molecule has 2 rings (SSSR count). The quantitative estimate of drug-likeness (QED) is 0.514. The maximum Gasteiger partial charge on any atom is 0.148 e. The summed E-state index contributed by atoms with van der Waals surface area (Å²) in [5, 5.41) is 14.0. The van der Waals surface area contributed by atoms with Crippen LogP contribution in [-0.4, -0.2) is 32.7 Å². The number of aliphatic hydroxyl groups excluding tert-OH is 1. The predicted octanol–water partition coefficient (Wildman–Crippen LogP) is 0.818. The second-order valence-corrected chi connectivity index (χ2v) is 4.87. The van der Waals surface area contributed by atoms with Crippen LogP contribution in [0.3, 0.4) is 0 Å². The van der Waals surface area contributed by atoms with Gasteiger partial charge in [-0.05, 0) is 5.56 Å². The molecule has 0 aliphatic carbocycles. The van der Waals surface area contributed by atoms with Crippen LogP contribution < -0.4 is 11.3 Å². The van der Waals surface area contributed by atoms with E-state index in [0.717, 1.165) is 17.2 Å². The fraction of sp³-hybridized carbons (Fsp3) is 0.333. The molecule has 0 fully saturated rings. The molecule has 1 aromatic heterocycles. The topological polar surface area (TPSA) is 87.3 Å². The van der Waals surface area contributed by atoms with Crippen LogP contribution in [0.25, 0.3) is 0 Å². The molecule has 1 heterocycles. The standard InChI is InChI=1S/C12H17N5OS/c13-14-12-11(15-16-19-12)9-17(6-7-18)8-10-4-2-1-3-5-10/h1-5,14,18H,6-9,13H2. The van der Waals surface area contributed by atoms with Gasteiger partial charge in [-0.3, -0.25) is 4.90 Å². The number of benzene rings is 1. The Labute approximate surface area is 116 Å². The summed E-state index contributed by atoms with van der Waals surface area (Å²) >= 11 is 1.23. The Bertz CT molecular complexity index is 490. The van der Waals surface area contributed by atoms with Crippen molar-refractivity contribution in [1.29, 1.82) is 0 Å². The normalized spacial score (nSPS) is 10.9.